The van der Waals surface area contributed by atoms with E-state index in [4.69, 9.17) is 28.9 Å². The largest absolute Gasteiger partial charge is 0.382 e. The second kappa shape index (κ2) is 3.72. The summed E-state index contributed by atoms with van der Waals surface area (Å²) in [5, 5.41) is 6.67. The molecule has 0 aliphatic rings. The van der Waals surface area contributed by atoms with Crippen LogP contribution in [-0.2, 0) is 0 Å². The highest BCUT2D eigenvalue weighted by molar-refractivity contribution is 6.35. The van der Waals surface area contributed by atoms with Crippen molar-refractivity contribution in [2.75, 3.05) is 5.73 Å². The Morgan fingerprint density at radius 2 is 1.93 bits per heavy atom. The molecule has 78 valence electrons. The number of hydrogen-bond acceptors (Lipinski definition) is 2. The number of hydrogen-bond donors (Lipinski definition) is 2. The molecule has 6 heteroatoms. The fourth-order valence-electron chi connectivity index (χ4n) is 1.20. The van der Waals surface area contributed by atoms with Crippen LogP contribution >= 0.6 is 23.2 Å². The molecule has 0 aliphatic heterocycles. The summed E-state index contributed by atoms with van der Waals surface area (Å²) < 4.78 is 13.0. The predicted molar refractivity (Wildman–Crippen MR) is 58.4 cm³/mol. The number of aromatic amines is 1. The van der Waals surface area contributed by atoms with Crippen LogP contribution in [0.25, 0.3) is 11.3 Å². The number of halogens is 3. The predicted octanol–water partition coefficient (Wildman–Crippen LogP) is 3.10. The number of rotatable bonds is 1. The third-order valence-corrected chi connectivity index (χ3v) is 2.50. The second-order valence-electron chi connectivity index (χ2n) is 2.95. The van der Waals surface area contributed by atoms with Crippen LogP contribution in [0.2, 0.25) is 10.0 Å². The second-order valence-corrected chi connectivity index (χ2v) is 3.77. The molecule has 0 aliphatic carbocycles. The van der Waals surface area contributed by atoms with Gasteiger partial charge in [-0.3, -0.25) is 5.10 Å². The molecular formula is C9H6Cl2FN3. The van der Waals surface area contributed by atoms with Gasteiger partial charge in [-0.1, -0.05) is 23.2 Å². The average molecular weight is 246 g/mol. The Morgan fingerprint density at radius 3 is 2.53 bits per heavy atom. The van der Waals surface area contributed by atoms with Gasteiger partial charge in [0.2, 0.25) is 0 Å². The summed E-state index contributed by atoms with van der Waals surface area (Å²) in [6.07, 6.45) is 0. The Bertz CT molecular complexity index is 510. The highest BCUT2D eigenvalue weighted by Gasteiger charge is 2.10. The number of nitrogen functional groups attached to an aromatic ring is 1. The molecule has 0 radical (unpaired) electrons. The van der Waals surface area contributed by atoms with Gasteiger partial charge in [0.15, 0.2) is 0 Å². The van der Waals surface area contributed by atoms with E-state index in [0.717, 1.165) is 6.07 Å². The van der Waals surface area contributed by atoms with E-state index in [-0.39, 0.29) is 10.0 Å². The minimum atomic E-state index is -0.557. The van der Waals surface area contributed by atoms with Gasteiger partial charge in [-0.05, 0) is 12.1 Å². The molecule has 0 bridgehead atoms. The number of aromatic nitrogens is 2. The average Bonchev–Trinajstić information content (AvgIpc) is 2.58. The fraction of sp³-hybridized carbons (Fsp3) is 0. The van der Waals surface area contributed by atoms with Gasteiger partial charge in [-0.25, -0.2) is 4.39 Å². The molecule has 1 aromatic heterocycles. The van der Waals surface area contributed by atoms with E-state index in [0.29, 0.717) is 17.1 Å². The quantitative estimate of drug-likeness (QED) is 0.759. The molecule has 15 heavy (non-hydrogen) atoms. The van der Waals surface area contributed by atoms with E-state index < -0.39 is 5.82 Å². The zero-order valence-corrected chi connectivity index (χ0v) is 8.90. The summed E-state index contributed by atoms with van der Waals surface area (Å²) in [5.41, 5.74) is 6.60. The maximum atomic E-state index is 13.0. The van der Waals surface area contributed by atoms with Crippen molar-refractivity contribution in [2.45, 2.75) is 0 Å². The van der Waals surface area contributed by atoms with Crippen LogP contribution in [0.15, 0.2) is 18.2 Å². The van der Waals surface area contributed by atoms with Crippen molar-refractivity contribution < 1.29 is 4.39 Å². The molecule has 0 amide bonds. The van der Waals surface area contributed by atoms with Gasteiger partial charge in [0.05, 0.1) is 15.7 Å². The summed E-state index contributed by atoms with van der Waals surface area (Å²) >= 11 is 11.5. The number of benzene rings is 1. The molecule has 0 spiro atoms. The van der Waals surface area contributed by atoms with Gasteiger partial charge in [-0.2, -0.15) is 5.10 Å². The molecule has 1 heterocycles. The zero-order valence-electron chi connectivity index (χ0n) is 7.39. The van der Waals surface area contributed by atoms with Gasteiger partial charge >= 0.3 is 0 Å². The Hall–Kier alpha value is -1.26. The standard InChI is InChI=1S/C9H6Cl2FN3/c10-5-2-7(12)6(11)1-4(5)8-3-9(13)15-14-8/h1-3H,(H3,13,14,15). The van der Waals surface area contributed by atoms with Crippen molar-refractivity contribution in [3.05, 3.63) is 34.1 Å². The van der Waals surface area contributed by atoms with Crippen molar-refractivity contribution in [2.24, 2.45) is 0 Å². The molecule has 1 aromatic carbocycles. The first kappa shape index (κ1) is 10.3. The summed E-state index contributed by atoms with van der Waals surface area (Å²) in [6, 6.07) is 4.16. The topological polar surface area (TPSA) is 54.7 Å². The summed E-state index contributed by atoms with van der Waals surface area (Å²) in [6.45, 7) is 0. The SMILES string of the molecule is Nc1cc(-c2cc(Cl)c(F)cc2Cl)[nH]n1. The van der Waals surface area contributed by atoms with E-state index in [2.05, 4.69) is 10.2 Å². The van der Waals surface area contributed by atoms with E-state index in [9.17, 15) is 4.39 Å². The van der Waals surface area contributed by atoms with Gasteiger partial charge in [0, 0.05) is 11.6 Å². The molecule has 3 nitrogen and oxygen atoms in total. The van der Waals surface area contributed by atoms with Crippen LogP contribution in [0.3, 0.4) is 0 Å². The lowest BCUT2D eigenvalue weighted by molar-refractivity contribution is 0.628. The highest BCUT2D eigenvalue weighted by Crippen LogP contribution is 2.31. The lowest BCUT2D eigenvalue weighted by atomic mass is 10.1. The minimum absolute atomic E-state index is 0.00238. The highest BCUT2D eigenvalue weighted by atomic mass is 35.5. The van der Waals surface area contributed by atoms with Crippen LogP contribution < -0.4 is 5.73 Å². The number of nitrogens with two attached hydrogens (primary N) is 1. The first-order valence-corrected chi connectivity index (χ1v) is 4.79. The van der Waals surface area contributed by atoms with E-state index in [1.54, 1.807) is 6.07 Å². The number of nitrogens with zero attached hydrogens (tertiary/aromatic N) is 1. The summed E-state index contributed by atoms with van der Waals surface area (Å²) in [7, 11) is 0. The Morgan fingerprint density at radius 1 is 1.20 bits per heavy atom. The maximum absolute atomic E-state index is 13.0. The summed E-state index contributed by atoms with van der Waals surface area (Å²) in [4.78, 5) is 0. The van der Waals surface area contributed by atoms with E-state index in [1.165, 1.54) is 6.07 Å². The lowest BCUT2D eigenvalue weighted by Gasteiger charge is -2.02. The minimum Gasteiger partial charge on any atom is -0.382 e. The third-order valence-electron chi connectivity index (χ3n) is 1.90. The van der Waals surface area contributed by atoms with Crippen molar-refractivity contribution in [3.8, 4) is 11.3 Å². The maximum Gasteiger partial charge on any atom is 0.145 e. The smallest absolute Gasteiger partial charge is 0.145 e. The lowest BCUT2D eigenvalue weighted by Crippen LogP contribution is -1.84. The molecule has 0 fully saturated rings. The number of nitrogens with one attached hydrogen (secondary N) is 1. The number of anilines is 1. The van der Waals surface area contributed by atoms with Crippen LogP contribution in [0.4, 0.5) is 10.2 Å². The molecule has 2 rings (SSSR count). The van der Waals surface area contributed by atoms with Crippen LogP contribution in [0.5, 0.6) is 0 Å². The van der Waals surface area contributed by atoms with E-state index >= 15 is 0 Å². The Kier molecular flexibility index (Phi) is 2.54. The monoisotopic (exact) mass is 245 g/mol. The third kappa shape index (κ3) is 1.91. The van der Waals surface area contributed by atoms with Crippen molar-refractivity contribution in [3.63, 3.8) is 0 Å². The van der Waals surface area contributed by atoms with Crippen LogP contribution in [0, 0.1) is 5.82 Å². The molecule has 3 N–H and O–H groups in total. The first-order valence-electron chi connectivity index (χ1n) is 4.03. The number of H-pyrrole nitrogens is 1. The van der Waals surface area contributed by atoms with Crippen molar-refractivity contribution in [1.82, 2.24) is 10.2 Å². The van der Waals surface area contributed by atoms with Gasteiger partial charge < -0.3 is 5.73 Å². The molecule has 2 aromatic rings. The molecule has 0 atom stereocenters. The molecule has 0 unspecified atom stereocenters. The van der Waals surface area contributed by atoms with Gasteiger partial charge in [0.1, 0.15) is 11.6 Å². The fourth-order valence-corrected chi connectivity index (χ4v) is 1.62. The van der Waals surface area contributed by atoms with E-state index in [1.807, 2.05) is 0 Å². The van der Waals surface area contributed by atoms with Gasteiger partial charge in [-0.15, -0.1) is 0 Å². The van der Waals surface area contributed by atoms with Crippen molar-refractivity contribution in [1.29, 1.82) is 0 Å². The van der Waals surface area contributed by atoms with Gasteiger partial charge in [0.25, 0.3) is 0 Å². The molecule has 0 saturated carbocycles. The zero-order chi connectivity index (χ0) is 11.0. The summed E-state index contributed by atoms with van der Waals surface area (Å²) in [5.74, 6) is -0.223. The first-order chi connectivity index (χ1) is 7.08. The van der Waals surface area contributed by atoms with Crippen LogP contribution in [-0.4, -0.2) is 10.2 Å². The molecule has 0 saturated heterocycles. The Balaban J connectivity index is 2.58. The molecular weight excluding hydrogens is 240 g/mol. The normalized spacial score (nSPS) is 10.6. The Labute approximate surface area is 95.0 Å². The van der Waals surface area contributed by atoms with Crippen LogP contribution in [0.1, 0.15) is 0 Å². The van der Waals surface area contributed by atoms with Crippen molar-refractivity contribution >= 4 is 29.0 Å².